The van der Waals surface area contributed by atoms with Gasteiger partial charge in [0.1, 0.15) is 18.0 Å². The summed E-state index contributed by atoms with van der Waals surface area (Å²) in [5.74, 6) is -2.80. The fraction of sp³-hybridized carbons (Fsp3) is 0.105. The third kappa shape index (κ3) is 3.56. The average molecular weight is 357 g/mol. The molecule has 1 aromatic heterocycles. The number of rotatable bonds is 5. The van der Waals surface area contributed by atoms with Crippen LogP contribution in [-0.4, -0.2) is 33.6 Å². The molecule has 0 aliphatic rings. The standard InChI is InChI=1S/C19H16N2O5/c1-11-15-9-13(26-12-5-3-2-4-6-12)7-8-14(15)18(24)17(21-11)19(25)20-10-16(22)23/h2-9,24H,10H2,1H3,(H,20,25)(H,22,23)/i2D,3D,4D,5D,6D. The molecule has 0 spiro atoms. The number of nitrogens with zero attached hydrogens (tertiary/aromatic N) is 1. The highest BCUT2D eigenvalue weighted by molar-refractivity contribution is 6.03. The minimum atomic E-state index is -1.25. The van der Waals surface area contributed by atoms with E-state index in [1.165, 1.54) is 18.2 Å². The Morgan fingerprint density at radius 1 is 1.19 bits per heavy atom. The van der Waals surface area contributed by atoms with Gasteiger partial charge >= 0.3 is 5.97 Å². The summed E-state index contributed by atoms with van der Waals surface area (Å²) in [6.07, 6.45) is 0. The zero-order valence-electron chi connectivity index (χ0n) is 18.5. The topological polar surface area (TPSA) is 109 Å². The number of ether oxygens (including phenoxy) is 1. The molecule has 0 fully saturated rings. The quantitative estimate of drug-likeness (QED) is 0.648. The molecular formula is C19H16N2O5. The molecule has 0 saturated carbocycles. The van der Waals surface area contributed by atoms with Crippen molar-refractivity contribution < 1.29 is 31.4 Å². The predicted octanol–water partition coefficient (Wildman–Crippen LogP) is 2.86. The van der Waals surface area contributed by atoms with Crippen molar-refractivity contribution in [3.8, 4) is 17.2 Å². The van der Waals surface area contributed by atoms with Crippen molar-refractivity contribution in [2.75, 3.05) is 6.54 Å². The minimum absolute atomic E-state index is 0.124. The number of pyridine rings is 1. The van der Waals surface area contributed by atoms with Gasteiger partial charge in [-0.25, -0.2) is 4.98 Å². The first kappa shape index (κ1) is 11.9. The van der Waals surface area contributed by atoms with Gasteiger partial charge in [0.2, 0.25) is 0 Å². The Morgan fingerprint density at radius 2 is 1.92 bits per heavy atom. The second-order valence-corrected chi connectivity index (χ2v) is 5.23. The maximum absolute atomic E-state index is 12.1. The molecule has 0 unspecified atom stereocenters. The molecule has 1 heterocycles. The Kier molecular flexibility index (Phi) is 3.24. The second-order valence-electron chi connectivity index (χ2n) is 5.23. The number of aromatic nitrogens is 1. The van der Waals surface area contributed by atoms with Gasteiger partial charge < -0.3 is 20.3 Å². The van der Waals surface area contributed by atoms with Crippen LogP contribution in [0.2, 0.25) is 0 Å². The van der Waals surface area contributed by atoms with Gasteiger partial charge in [0.25, 0.3) is 5.91 Å². The number of aryl methyl sites for hydroxylation is 1. The zero-order valence-corrected chi connectivity index (χ0v) is 13.5. The molecule has 7 heteroatoms. The maximum Gasteiger partial charge on any atom is 0.322 e. The summed E-state index contributed by atoms with van der Waals surface area (Å²) in [4.78, 5) is 26.8. The molecule has 26 heavy (non-hydrogen) atoms. The third-order valence-corrected chi connectivity index (χ3v) is 3.45. The highest BCUT2D eigenvalue weighted by Gasteiger charge is 2.18. The van der Waals surface area contributed by atoms with E-state index in [0.29, 0.717) is 11.1 Å². The number of fused-ring (bicyclic) bond motifs is 1. The number of nitrogens with one attached hydrogen (secondary N) is 1. The number of carbonyl (C=O) groups is 2. The van der Waals surface area contributed by atoms with E-state index in [-0.39, 0.29) is 22.6 Å². The van der Waals surface area contributed by atoms with E-state index in [1.54, 1.807) is 6.92 Å². The van der Waals surface area contributed by atoms with Crippen molar-refractivity contribution in [2.45, 2.75) is 6.92 Å². The Hall–Kier alpha value is -3.61. The number of benzene rings is 2. The van der Waals surface area contributed by atoms with Gasteiger partial charge in [-0.1, -0.05) is 18.1 Å². The number of amides is 1. The molecule has 132 valence electrons. The Morgan fingerprint density at radius 3 is 2.62 bits per heavy atom. The monoisotopic (exact) mass is 357 g/mol. The maximum atomic E-state index is 12.1. The lowest BCUT2D eigenvalue weighted by atomic mass is 10.1. The highest BCUT2D eigenvalue weighted by Crippen LogP contribution is 2.33. The summed E-state index contributed by atoms with van der Waals surface area (Å²) < 4.78 is 44.5. The molecule has 7 nitrogen and oxygen atoms in total. The lowest BCUT2D eigenvalue weighted by Crippen LogP contribution is -2.30. The Balaban J connectivity index is 2.04. The molecule has 2 aromatic carbocycles. The van der Waals surface area contributed by atoms with Crippen LogP contribution < -0.4 is 10.1 Å². The Labute approximate surface area is 155 Å². The summed E-state index contributed by atoms with van der Waals surface area (Å²) in [5.41, 5.74) is -0.0228. The molecular weight excluding hydrogens is 336 g/mol. The first-order valence-electron chi connectivity index (χ1n) is 9.91. The molecule has 1 amide bonds. The lowest BCUT2D eigenvalue weighted by molar-refractivity contribution is -0.135. The normalized spacial score (nSPS) is 13.2. The van der Waals surface area contributed by atoms with E-state index >= 15 is 0 Å². The van der Waals surface area contributed by atoms with Gasteiger partial charge in [-0.05, 0) is 37.2 Å². The van der Waals surface area contributed by atoms with Crippen LogP contribution in [-0.2, 0) is 4.79 Å². The van der Waals surface area contributed by atoms with Crippen LogP contribution in [0.3, 0.4) is 0 Å². The van der Waals surface area contributed by atoms with Crippen LogP contribution >= 0.6 is 0 Å². The zero-order chi connectivity index (χ0) is 23.0. The van der Waals surface area contributed by atoms with E-state index in [1.807, 2.05) is 0 Å². The van der Waals surface area contributed by atoms with Crippen LogP contribution in [0, 0.1) is 6.92 Å². The van der Waals surface area contributed by atoms with Gasteiger partial charge in [-0.15, -0.1) is 0 Å². The van der Waals surface area contributed by atoms with Gasteiger partial charge in [-0.3, -0.25) is 9.59 Å². The van der Waals surface area contributed by atoms with E-state index in [2.05, 4.69) is 10.3 Å². The average Bonchev–Trinajstić information content (AvgIpc) is 2.74. The van der Waals surface area contributed by atoms with Crippen LogP contribution in [0.4, 0.5) is 0 Å². The smallest absolute Gasteiger partial charge is 0.322 e. The fourth-order valence-corrected chi connectivity index (χ4v) is 2.31. The van der Waals surface area contributed by atoms with Crippen molar-refractivity contribution in [3.63, 3.8) is 0 Å². The summed E-state index contributed by atoms with van der Waals surface area (Å²) in [7, 11) is 0. The van der Waals surface area contributed by atoms with Crippen molar-refractivity contribution in [1.29, 1.82) is 0 Å². The first-order chi connectivity index (χ1) is 14.5. The number of hydrogen-bond acceptors (Lipinski definition) is 5. The number of carboxylic acids is 1. The summed E-state index contributed by atoms with van der Waals surface area (Å²) in [6.45, 7) is 0.923. The second kappa shape index (κ2) is 7.10. The van der Waals surface area contributed by atoms with Gasteiger partial charge in [0.05, 0.1) is 6.85 Å². The van der Waals surface area contributed by atoms with Gasteiger partial charge in [0, 0.05) is 16.5 Å². The Bertz CT molecular complexity index is 1220. The number of aromatic hydroxyl groups is 1. The molecule has 0 aliphatic carbocycles. The van der Waals surface area contributed by atoms with E-state index < -0.39 is 54.4 Å². The van der Waals surface area contributed by atoms with Crippen molar-refractivity contribution in [3.05, 3.63) is 59.8 Å². The molecule has 0 saturated heterocycles. The minimum Gasteiger partial charge on any atom is -0.505 e. The van der Waals surface area contributed by atoms with E-state index in [4.69, 9.17) is 16.7 Å². The van der Waals surface area contributed by atoms with E-state index in [0.717, 1.165) is 0 Å². The molecule has 3 aromatic rings. The van der Waals surface area contributed by atoms with Crippen LogP contribution in [0.25, 0.3) is 10.8 Å². The summed E-state index contributed by atoms with van der Waals surface area (Å²) >= 11 is 0. The predicted molar refractivity (Wildman–Crippen MR) is 94.6 cm³/mol. The van der Waals surface area contributed by atoms with Crippen LogP contribution in [0.15, 0.2) is 48.4 Å². The number of carbonyl (C=O) groups excluding carboxylic acids is 1. The van der Waals surface area contributed by atoms with Gasteiger partial charge in [-0.2, -0.15) is 0 Å². The van der Waals surface area contributed by atoms with Crippen molar-refractivity contribution in [2.24, 2.45) is 0 Å². The number of hydrogen-bond donors (Lipinski definition) is 3. The molecule has 0 atom stereocenters. The van der Waals surface area contributed by atoms with Crippen LogP contribution in [0.5, 0.6) is 17.2 Å². The SMILES string of the molecule is [2H]c1c([2H])c([2H])c(Oc2ccc3c(O)c(C(=O)NCC(=O)O)nc(C)c3c2)c([2H])c1[2H]. The van der Waals surface area contributed by atoms with Crippen LogP contribution in [0.1, 0.15) is 23.0 Å². The number of para-hydroxylation sites is 1. The van der Waals surface area contributed by atoms with Crippen molar-refractivity contribution >= 4 is 22.6 Å². The summed E-state index contributed by atoms with van der Waals surface area (Å²) in [6, 6.07) is 1.62. The number of aliphatic carboxylic acids is 1. The van der Waals surface area contributed by atoms with Crippen molar-refractivity contribution in [1.82, 2.24) is 10.3 Å². The molecule has 3 rings (SSSR count). The summed E-state index contributed by atoms with van der Waals surface area (Å²) in [5, 5.41) is 21.9. The largest absolute Gasteiger partial charge is 0.505 e. The van der Waals surface area contributed by atoms with E-state index in [9.17, 15) is 14.7 Å². The van der Waals surface area contributed by atoms with Gasteiger partial charge in [0.15, 0.2) is 11.4 Å². The molecule has 0 radical (unpaired) electrons. The number of carboxylic acid groups (broad SMARTS) is 1. The molecule has 0 aliphatic heterocycles. The molecule has 3 N–H and O–H groups in total. The fourth-order valence-electron chi connectivity index (χ4n) is 2.31. The third-order valence-electron chi connectivity index (χ3n) is 3.45. The highest BCUT2D eigenvalue weighted by atomic mass is 16.5. The lowest BCUT2D eigenvalue weighted by Gasteiger charge is -2.12. The molecule has 0 bridgehead atoms. The first-order valence-corrected chi connectivity index (χ1v) is 7.41.